The van der Waals surface area contributed by atoms with Crippen LogP contribution in [0.25, 0.3) is 0 Å². The average Bonchev–Trinajstić information content (AvgIpc) is 2.87. The lowest BCUT2D eigenvalue weighted by molar-refractivity contribution is -0.140. The lowest BCUT2D eigenvalue weighted by Gasteiger charge is -2.33. The fourth-order valence-electron chi connectivity index (χ4n) is 4.14. The first-order chi connectivity index (χ1) is 18.8. The van der Waals surface area contributed by atoms with Gasteiger partial charge in [-0.1, -0.05) is 60.0 Å². The summed E-state index contributed by atoms with van der Waals surface area (Å²) in [5, 5.41) is 3.20. The molecular formula is C29H32Cl2FN3O4S. The standard InChI is InChI=1S/C29H32Cl2FN3O4S/c1-5-27(29(37)33-19(2)3)34(17-21-8-10-24(32)11-9-21)28(36)18-35(25-15-22(30)14-23(31)16-25)40(38,39)26-12-6-20(4)7-13-26/h6-16,19,27H,5,17-18H2,1-4H3,(H,33,37). The Bertz CT molecular complexity index is 1430. The number of carbonyl (C=O) groups excluding carboxylic acids is 2. The zero-order valence-corrected chi connectivity index (χ0v) is 25.0. The molecule has 1 atom stereocenters. The molecule has 0 bridgehead atoms. The van der Waals surface area contributed by atoms with Crippen LogP contribution >= 0.6 is 23.2 Å². The number of rotatable bonds is 11. The molecule has 0 fully saturated rings. The Morgan fingerprint density at radius 3 is 2.05 bits per heavy atom. The zero-order valence-electron chi connectivity index (χ0n) is 22.7. The van der Waals surface area contributed by atoms with Gasteiger partial charge in [-0.05, 0) is 75.2 Å². The second kappa shape index (κ2) is 13.5. The van der Waals surface area contributed by atoms with Crippen LogP contribution in [-0.2, 0) is 26.2 Å². The van der Waals surface area contributed by atoms with Crippen LogP contribution in [0.15, 0.2) is 71.6 Å². The highest BCUT2D eigenvalue weighted by atomic mass is 35.5. The largest absolute Gasteiger partial charge is 0.352 e. The summed E-state index contributed by atoms with van der Waals surface area (Å²) in [6.45, 7) is 6.50. The number of nitrogens with one attached hydrogen (secondary N) is 1. The number of benzene rings is 3. The molecule has 3 rings (SSSR count). The van der Waals surface area contributed by atoms with Crippen molar-refractivity contribution < 1.29 is 22.4 Å². The highest BCUT2D eigenvalue weighted by Gasteiger charge is 2.34. The number of amides is 2. The van der Waals surface area contributed by atoms with Gasteiger partial charge >= 0.3 is 0 Å². The van der Waals surface area contributed by atoms with Crippen LogP contribution in [0.4, 0.5) is 10.1 Å². The summed E-state index contributed by atoms with van der Waals surface area (Å²) in [4.78, 5) is 28.4. The van der Waals surface area contributed by atoms with E-state index in [1.54, 1.807) is 32.9 Å². The van der Waals surface area contributed by atoms with Gasteiger partial charge in [-0.3, -0.25) is 13.9 Å². The van der Waals surface area contributed by atoms with Crippen molar-refractivity contribution in [1.29, 1.82) is 0 Å². The van der Waals surface area contributed by atoms with E-state index < -0.39 is 34.3 Å². The summed E-state index contributed by atoms with van der Waals surface area (Å²) in [5.41, 5.74) is 1.52. The molecular weight excluding hydrogens is 576 g/mol. The fourth-order valence-corrected chi connectivity index (χ4v) is 6.05. The maximum absolute atomic E-state index is 14.0. The minimum Gasteiger partial charge on any atom is -0.352 e. The molecule has 3 aromatic rings. The van der Waals surface area contributed by atoms with Crippen molar-refractivity contribution in [3.63, 3.8) is 0 Å². The summed E-state index contributed by atoms with van der Waals surface area (Å²) in [7, 11) is -4.26. The molecule has 0 aliphatic rings. The number of nitrogens with zero attached hydrogens (tertiary/aromatic N) is 2. The molecule has 0 aliphatic heterocycles. The highest BCUT2D eigenvalue weighted by Crippen LogP contribution is 2.30. The number of aryl methyl sites for hydroxylation is 1. The minimum absolute atomic E-state index is 0.0309. The Morgan fingerprint density at radius 1 is 0.950 bits per heavy atom. The Kier molecular flexibility index (Phi) is 10.6. The molecule has 7 nitrogen and oxygen atoms in total. The number of hydrogen-bond donors (Lipinski definition) is 1. The van der Waals surface area contributed by atoms with Gasteiger partial charge in [0.25, 0.3) is 10.0 Å². The van der Waals surface area contributed by atoms with Gasteiger partial charge in [-0.15, -0.1) is 0 Å². The topological polar surface area (TPSA) is 86.8 Å². The zero-order chi connectivity index (χ0) is 29.6. The highest BCUT2D eigenvalue weighted by molar-refractivity contribution is 7.92. The first-order valence-corrected chi connectivity index (χ1v) is 14.9. The minimum atomic E-state index is -4.26. The van der Waals surface area contributed by atoms with E-state index in [2.05, 4.69) is 5.32 Å². The number of sulfonamides is 1. The lowest BCUT2D eigenvalue weighted by atomic mass is 10.1. The molecule has 1 N–H and O–H groups in total. The Morgan fingerprint density at radius 2 is 1.52 bits per heavy atom. The van der Waals surface area contributed by atoms with Crippen molar-refractivity contribution in [1.82, 2.24) is 10.2 Å². The van der Waals surface area contributed by atoms with Crippen LogP contribution < -0.4 is 9.62 Å². The summed E-state index contributed by atoms with van der Waals surface area (Å²) in [6.07, 6.45) is 0.263. The van der Waals surface area contributed by atoms with E-state index >= 15 is 0 Å². The predicted octanol–water partition coefficient (Wildman–Crippen LogP) is 5.97. The molecule has 3 aromatic carbocycles. The third kappa shape index (κ3) is 7.96. The van der Waals surface area contributed by atoms with E-state index in [0.717, 1.165) is 9.87 Å². The summed E-state index contributed by atoms with van der Waals surface area (Å²) in [6, 6.07) is 14.9. The summed E-state index contributed by atoms with van der Waals surface area (Å²) >= 11 is 12.4. The molecule has 0 saturated carbocycles. The van der Waals surface area contributed by atoms with E-state index in [1.165, 1.54) is 59.5 Å². The van der Waals surface area contributed by atoms with Gasteiger partial charge in [-0.2, -0.15) is 0 Å². The third-order valence-electron chi connectivity index (χ3n) is 6.11. The molecule has 11 heteroatoms. The smallest absolute Gasteiger partial charge is 0.264 e. The van der Waals surface area contributed by atoms with Crippen LogP contribution in [-0.4, -0.2) is 43.8 Å². The fraction of sp³-hybridized carbons (Fsp3) is 0.310. The Balaban J connectivity index is 2.09. The van der Waals surface area contributed by atoms with E-state index in [4.69, 9.17) is 23.2 Å². The molecule has 2 amide bonds. The van der Waals surface area contributed by atoms with Crippen LogP contribution in [0.5, 0.6) is 0 Å². The van der Waals surface area contributed by atoms with Gasteiger partial charge in [0.1, 0.15) is 18.4 Å². The van der Waals surface area contributed by atoms with Gasteiger partial charge in [-0.25, -0.2) is 12.8 Å². The van der Waals surface area contributed by atoms with Gasteiger partial charge in [0.15, 0.2) is 0 Å². The maximum atomic E-state index is 14.0. The van der Waals surface area contributed by atoms with E-state index in [9.17, 15) is 22.4 Å². The lowest BCUT2D eigenvalue weighted by Crippen LogP contribution is -2.53. The average molecular weight is 609 g/mol. The van der Waals surface area contributed by atoms with Crippen LogP contribution in [0.1, 0.15) is 38.3 Å². The molecule has 1 unspecified atom stereocenters. The van der Waals surface area contributed by atoms with Crippen molar-refractivity contribution in [2.75, 3.05) is 10.8 Å². The molecule has 0 aliphatic carbocycles. The van der Waals surface area contributed by atoms with Gasteiger partial charge < -0.3 is 10.2 Å². The van der Waals surface area contributed by atoms with Crippen molar-refractivity contribution >= 4 is 50.7 Å². The first-order valence-electron chi connectivity index (χ1n) is 12.7. The molecule has 0 heterocycles. The predicted molar refractivity (Wildman–Crippen MR) is 156 cm³/mol. The summed E-state index contributed by atoms with van der Waals surface area (Å²) in [5.74, 6) is -1.46. The molecule has 40 heavy (non-hydrogen) atoms. The van der Waals surface area contributed by atoms with E-state index in [0.29, 0.717) is 5.56 Å². The maximum Gasteiger partial charge on any atom is 0.264 e. The third-order valence-corrected chi connectivity index (χ3v) is 8.33. The quantitative estimate of drug-likeness (QED) is 0.291. The molecule has 0 aromatic heterocycles. The van der Waals surface area contributed by atoms with Gasteiger partial charge in [0, 0.05) is 22.6 Å². The van der Waals surface area contributed by atoms with Crippen molar-refractivity contribution in [2.24, 2.45) is 0 Å². The van der Waals surface area contributed by atoms with Gasteiger partial charge in [0.05, 0.1) is 10.6 Å². The second-order valence-corrected chi connectivity index (χ2v) is 12.4. The van der Waals surface area contributed by atoms with Crippen molar-refractivity contribution in [3.05, 3.63) is 93.7 Å². The number of hydrogen-bond acceptors (Lipinski definition) is 4. The molecule has 0 spiro atoms. The number of halogens is 3. The van der Waals surface area contributed by atoms with Crippen LogP contribution in [0.2, 0.25) is 10.0 Å². The molecule has 0 saturated heterocycles. The second-order valence-electron chi connectivity index (χ2n) is 9.69. The Labute approximate surface area is 244 Å². The Hall–Kier alpha value is -3.14. The SMILES string of the molecule is CCC(C(=O)NC(C)C)N(Cc1ccc(F)cc1)C(=O)CN(c1cc(Cl)cc(Cl)c1)S(=O)(=O)c1ccc(C)cc1. The normalized spacial score (nSPS) is 12.2. The number of carbonyl (C=O) groups is 2. The van der Waals surface area contributed by atoms with Crippen molar-refractivity contribution in [2.45, 2.75) is 57.6 Å². The van der Waals surface area contributed by atoms with Gasteiger partial charge in [0.2, 0.25) is 11.8 Å². The van der Waals surface area contributed by atoms with E-state index in [-0.39, 0.29) is 45.5 Å². The van der Waals surface area contributed by atoms with Crippen LogP contribution in [0.3, 0.4) is 0 Å². The molecule has 214 valence electrons. The summed E-state index contributed by atoms with van der Waals surface area (Å²) < 4.78 is 42.3. The van der Waals surface area contributed by atoms with Crippen LogP contribution in [0, 0.1) is 12.7 Å². The first kappa shape index (κ1) is 31.4. The molecule has 0 radical (unpaired) electrons. The van der Waals surface area contributed by atoms with Crippen molar-refractivity contribution in [3.8, 4) is 0 Å². The monoisotopic (exact) mass is 607 g/mol. The van der Waals surface area contributed by atoms with E-state index in [1.807, 2.05) is 6.92 Å². The number of anilines is 1.